The summed E-state index contributed by atoms with van der Waals surface area (Å²) < 4.78 is 0. The first-order valence-corrected chi connectivity index (χ1v) is 4.98. The Balaban J connectivity index is 2.26. The van der Waals surface area contributed by atoms with Crippen LogP contribution < -0.4 is 5.32 Å². The molecule has 1 aromatic carbocycles. The zero-order valence-electron chi connectivity index (χ0n) is 8.82. The van der Waals surface area contributed by atoms with E-state index >= 15 is 0 Å². The smallest absolute Gasteiger partial charge is 0.217 e. The van der Waals surface area contributed by atoms with Crippen molar-refractivity contribution in [2.24, 2.45) is 0 Å². The molecular formula is C12H15NO2. The lowest BCUT2D eigenvalue weighted by Gasteiger charge is -2.02. The highest BCUT2D eigenvalue weighted by atomic mass is 16.2. The normalized spacial score (nSPS) is 9.67. The average Bonchev–Trinajstić information content (AvgIpc) is 2.25. The van der Waals surface area contributed by atoms with Gasteiger partial charge in [0, 0.05) is 13.3 Å². The summed E-state index contributed by atoms with van der Waals surface area (Å²) >= 11 is 0. The highest BCUT2D eigenvalue weighted by Crippen LogP contribution is 2.02. The van der Waals surface area contributed by atoms with Crippen LogP contribution in [0.4, 0.5) is 0 Å². The number of hydrogen-bond acceptors (Lipinski definition) is 2. The molecule has 0 aromatic heterocycles. The second-order valence-corrected chi connectivity index (χ2v) is 3.43. The first-order valence-electron chi connectivity index (χ1n) is 4.98. The quantitative estimate of drug-likeness (QED) is 0.788. The van der Waals surface area contributed by atoms with E-state index in [1.54, 1.807) is 0 Å². The molecule has 0 heterocycles. The molecule has 1 rings (SSSR count). The van der Waals surface area contributed by atoms with Crippen molar-refractivity contribution in [1.82, 2.24) is 5.32 Å². The van der Waals surface area contributed by atoms with Gasteiger partial charge in [0.25, 0.3) is 0 Å². The number of rotatable bonds is 5. The SMILES string of the molecule is CC(=O)NCC(=O)CCc1ccccc1. The van der Waals surface area contributed by atoms with Crippen molar-refractivity contribution in [1.29, 1.82) is 0 Å². The summed E-state index contributed by atoms with van der Waals surface area (Å²) in [6.45, 7) is 1.55. The molecule has 0 aliphatic rings. The van der Waals surface area contributed by atoms with Gasteiger partial charge in [-0.3, -0.25) is 9.59 Å². The van der Waals surface area contributed by atoms with Crippen molar-refractivity contribution >= 4 is 11.7 Å². The van der Waals surface area contributed by atoms with Crippen molar-refractivity contribution in [3.8, 4) is 0 Å². The van der Waals surface area contributed by atoms with Crippen LogP contribution in [0.3, 0.4) is 0 Å². The van der Waals surface area contributed by atoms with Gasteiger partial charge in [-0.2, -0.15) is 0 Å². The van der Waals surface area contributed by atoms with E-state index in [4.69, 9.17) is 0 Å². The topological polar surface area (TPSA) is 46.2 Å². The Hall–Kier alpha value is -1.64. The van der Waals surface area contributed by atoms with Gasteiger partial charge in [0.05, 0.1) is 6.54 Å². The van der Waals surface area contributed by atoms with E-state index in [1.165, 1.54) is 6.92 Å². The molecule has 0 aliphatic carbocycles. The summed E-state index contributed by atoms with van der Waals surface area (Å²) in [6, 6.07) is 9.83. The summed E-state index contributed by atoms with van der Waals surface area (Å²) in [5, 5.41) is 2.49. The second-order valence-electron chi connectivity index (χ2n) is 3.43. The number of nitrogens with one attached hydrogen (secondary N) is 1. The summed E-state index contributed by atoms with van der Waals surface area (Å²) in [5.74, 6) is -0.0999. The molecule has 0 saturated heterocycles. The van der Waals surface area contributed by atoms with Gasteiger partial charge >= 0.3 is 0 Å². The fraction of sp³-hybridized carbons (Fsp3) is 0.333. The number of carbonyl (C=O) groups excluding carboxylic acids is 2. The lowest BCUT2D eigenvalue weighted by Crippen LogP contribution is -2.27. The lowest BCUT2D eigenvalue weighted by atomic mass is 10.1. The molecule has 3 heteroatoms. The average molecular weight is 205 g/mol. The molecule has 0 unspecified atom stereocenters. The van der Waals surface area contributed by atoms with Crippen molar-refractivity contribution < 1.29 is 9.59 Å². The maximum atomic E-state index is 11.3. The number of Topliss-reactive ketones (excluding diaryl/α,β-unsaturated/α-hetero) is 1. The van der Waals surface area contributed by atoms with E-state index in [-0.39, 0.29) is 18.2 Å². The van der Waals surface area contributed by atoms with Crippen LogP contribution in [0.15, 0.2) is 30.3 Å². The fourth-order valence-corrected chi connectivity index (χ4v) is 1.24. The third-order valence-corrected chi connectivity index (χ3v) is 2.07. The van der Waals surface area contributed by atoms with E-state index in [9.17, 15) is 9.59 Å². The zero-order valence-corrected chi connectivity index (χ0v) is 8.82. The molecule has 0 bridgehead atoms. The van der Waals surface area contributed by atoms with Crippen molar-refractivity contribution in [2.45, 2.75) is 19.8 Å². The van der Waals surface area contributed by atoms with E-state index in [1.807, 2.05) is 30.3 Å². The van der Waals surface area contributed by atoms with Crippen LogP contribution in [-0.2, 0) is 16.0 Å². The molecule has 1 amide bonds. The number of benzene rings is 1. The summed E-state index contributed by atoms with van der Waals surface area (Å²) in [5.41, 5.74) is 1.15. The summed E-state index contributed by atoms with van der Waals surface area (Å²) in [7, 11) is 0. The van der Waals surface area contributed by atoms with Gasteiger partial charge in [0.1, 0.15) is 0 Å². The summed E-state index contributed by atoms with van der Waals surface area (Å²) in [6.07, 6.45) is 1.21. The van der Waals surface area contributed by atoms with Crippen LogP contribution >= 0.6 is 0 Å². The van der Waals surface area contributed by atoms with E-state index in [0.29, 0.717) is 6.42 Å². The molecule has 0 radical (unpaired) electrons. The van der Waals surface area contributed by atoms with Gasteiger partial charge < -0.3 is 5.32 Å². The maximum absolute atomic E-state index is 11.3. The minimum absolute atomic E-state index is 0.0639. The number of hydrogen-bond donors (Lipinski definition) is 1. The van der Waals surface area contributed by atoms with Crippen LogP contribution in [0.2, 0.25) is 0 Å². The third kappa shape index (κ3) is 4.96. The molecule has 0 saturated carbocycles. The van der Waals surface area contributed by atoms with Gasteiger partial charge in [-0.15, -0.1) is 0 Å². The number of amides is 1. The Bertz CT molecular complexity index is 333. The molecule has 0 fully saturated rings. The third-order valence-electron chi connectivity index (χ3n) is 2.07. The van der Waals surface area contributed by atoms with Crippen molar-refractivity contribution in [2.75, 3.05) is 6.54 Å². The molecule has 1 N–H and O–H groups in total. The predicted octanol–water partition coefficient (Wildman–Crippen LogP) is 1.32. The lowest BCUT2D eigenvalue weighted by molar-refractivity contribution is -0.123. The van der Waals surface area contributed by atoms with Crippen LogP contribution in [0.25, 0.3) is 0 Å². The van der Waals surface area contributed by atoms with Crippen LogP contribution in [-0.4, -0.2) is 18.2 Å². The van der Waals surface area contributed by atoms with Crippen molar-refractivity contribution in [3.05, 3.63) is 35.9 Å². The predicted molar refractivity (Wildman–Crippen MR) is 58.5 cm³/mol. The molecule has 3 nitrogen and oxygen atoms in total. The van der Waals surface area contributed by atoms with Crippen LogP contribution in [0.1, 0.15) is 18.9 Å². The zero-order chi connectivity index (χ0) is 11.1. The van der Waals surface area contributed by atoms with Crippen LogP contribution in [0, 0.1) is 0 Å². The molecule has 0 aliphatic heterocycles. The standard InChI is InChI=1S/C12H15NO2/c1-10(14)13-9-12(15)8-7-11-5-3-2-4-6-11/h2-6H,7-9H2,1H3,(H,13,14). The van der Waals surface area contributed by atoms with Crippen LogP contribution in [0.5, 0.6) is 0 Å². The Morgan fingerprint density at radius 1 is 1.20 bits per heavy atom. The van der Waals surface area contributed by atoms with E-state index < -0.39 is 0 Å². The van der Waals surface area contributed by atoms with Gasteiger partial charge in [0.2, 0.25) is 5.91 Å². The fourth-order valence-electron chi connectivity index (χ4n) is 1.24. The Morgan fingerprint density at radius 2 is 1.87 bits per heavy atom. The number of ketones is 1. The molecule has 0 atom stereocenters. The molecule has 0 spiro atoms. The first-order chi connectivity index (χ1) is 7.18. The Morgan fingerprint density at radius 3 is 2.47 bits per heavy atom. The highest BCUT2D eigenvalue weighted by Gasteiger charge is 2.02. The molecule has 80 valence electrons. The van der Waals surface area contributed by atoms with Crippen molar-refractivity contribution in [3.63, 3.8) is 0 Å². The van der Waals surface area contributed by atoms with E-state index in [2.05, 4.69) is 5.32 Å². The number of aryl methyl sites for hydroxylation is 1. The number of carbonyl (C=O) groups is 2. The molecule has 1 aromatic rings. The Labute approximate surface area is 89.5 Å². The summed E-state index contributed by atoms with van der Waals surface area (Å²) in [4.78, 5) is 21.9. The monoisotopic (exact) mass is 205 g/mol. The van der Waals surface area contributed by atoms with E-state index in [0.717, 1.165) is 12.0 Å². The van der Waals surface area contributed by atoms with Gasteiger partial charge in [-0.1, -0.05) is 30.3 Å². The first kappa shape index (κ1) is 11.4. The van der Waals surface area contributed by atoms with Gasteiger partial charge in [0.15, 0.2) is 5.78 Å². The molecular weight excluding hydrogens is 190 g/mol. The minimum Gasteiger partial charge on any atom is -0.349 e. The minimum atomic E-state index is -0.164. The second kappa shape index (κ2) is 5.96. The highest BCUT2D eigenvalue weighted by molar-refractivity contribution is 5.85. The van der Waals surface area contributed by atoms with Gasteiger partial charge in [-0.25, -0.2) is 0 Å². The Kier molecular flexibility index (Phi) is 4.54. The maximum Gasteiger partial charge on any atom is 0.217 e. The largest absolute Gasteiger partial charge is 0.349 e. The van der Waals surface area contributed by atoms with Gasteiger partial charge in [-0.05, 0) is 12.0 Å². The molecule has 15 heavy (non-hydrogen) atoms.